The first-order valence-corrected chi connectivity index (χ1v) is 5.24. The number of rotatable bonds is 5. The van der Waals surface area contributed by atoms with Crippen LogP contribution in [0.4, 0.5) is 11.4 Å². The largest absolute Gasteiger partial charge is 0.481 e. The molecular weight excluding hydrogens is 204 g/mol. The Morgan fingerprint density at radius 1 is 1.50 bits per heavy atom. The number of nitrogens with zero attached hydrogens (tertiary/aromatic N) is 1. The number of anilines is 2. The van der Waals surface area contributed by atoms with Crippen LogP contribution in [0.5, 0.6) is 0 Å². The van der Waals surface area contributed by atoms with Gasteiger partial charge in [-0.3, -0.25) is 4.79 Å². The number of carboxylic acid groups (broad SMARTS) is 1. The highest BCUT2D eigenvalue weighted by molar-refractivity contribution is 5.70. The van der Waals surface area contributed by atoms with E-state index in [0.29, 0.717) is 6.54 Å². The quantitative estimate of drug-likeness (QED) is 0.798. The Hall–Kier alpha value is -1.71. The van der Waals surface area contributed by atoms with E-state index in [2.05, 4.69) is 5.32 Å². The normalized spacial score (nSPS) is 11.9. The summed E-state index contributed by atoms with van der Waals surface area (Å²) in [5, 5.41) is 11.9. The average Bonchev–Trinajstić information content (AvgIpc) is 2.26. The molecule has 0 heterocycles. The van der Waals surface area contributed by atoms with Gasteiger partial charge in [0.2, 0.25) is 0 Å². The molecule has 1 atom stereocenters. The predicted molar refractivity (Wildman–Crippen MR) is 66.1 cm³/mol. The van der Waals surface area contributed by atoms with Gasteiger partial charge in [0.1, 0.15) is 0 Å². The number of benzene rings is 1. The topological polar surface area (TPSA) is 52.6 Å². The van der Waals surface area contributed by atoms with Crippen molar-refractivity contribution in [2.24, 2.45) is 5.92 Å². The fourth-order valence-electron chi connectivity index (χ4n) is 1.25. The Morgan fingerprint density at radius 2 is 2.19 bits per heavy atom. The Labute approximate surface area is 95.9 Å². The molecule has 0 aliphatic rings. The van der Waals surface area contributed by atoms with Gasteiger partial charge in [0.25, 0.3) is 0 Å². The zero-order chi connectivity index (χ0) is 12.1. The van der Waals surface area contributed by atoms with Crippen LogP contribution < -0.4 is 10.2 Å². The van der Waals surface area contributed by atoms with E-state index in [1.165, 1.54) is 0 Å². The molecule has 0 aromatic heterocycles. The van der Waals surface area contributed by atoms with Crippen LogP contribution in [0, 0.1) is 5.92 Å². The van der Waals surface area contributed by atoms with Gasteiger partial charge in [0.05, 0.1) is 5.92 Å². The summed E-state index contributed by atoms with van der Waals surface area (Å²) in [5.41, 5.74) is 2.03. The second-order valence-electron chi connectivity index (χ2n) is 4.06. The number of hydrogen-bond donors (Lipinski definition) is 2. The van der Waals surface area contributed by atoms with Gasteiger partial charge in [-0.15, -0.1) is 0 Å². The van der Waals surface area contributed by atoms with Crippen LogP contribution in [0.3, 0.4) is 0 Å². The lowest BCUT2D eigenvalue weighted by Gasteiger charge is -2.15. The fourth-order valence-corrected chi connectivity index (χ4v) is 1.25. The standard InChI is InChI=1S/C12H18N2O2/c1-9(12(15)16)8-13-10-5-4-6-11(7-10)14(2)3/h4-7,9,13H,8H2,1-3H3,(H,15,16). The first kappa shape index (κ1) is 12.4. The second kappa shape index (κ2) is 5.39. The molecule has 0 saturated heterocycles. The summed E-state index contributed by atoms with van der Waals surface area (Å²) >= 11 is 0. The van der Waals surface area contributed by atoms with Gasteiger partial charge in [-0.25, -0.2) is 0 Å². The molecule has 0 spiro atoms. The Kier molecular flexibility index (Phi) is 4.17. The van der Waals surface area contributed by atoms with E-state index in [1.807, 2.05) is 43.3 Å². The minimum Gasteiger partial charge on any atom is -0.481 e. The van der Waals surface area contributed by atoms with Crippen molar-refractivity contribution >= 4 is 17.3 Å². The summed E-state index contributed by atoms with van der Waals surface area (Å²) in [5.74, 6) is -1.17. The van der Waals surface area contributed by atoms with E-state index in [-0.39, 0.29) is 5.92 Å². The van der Waals surface area contributed by atoms with Crippen LogP contribution in [-0.4, -0.2) is 31.7 Å². The SMILES string of the molecule is CC(CNc1cccc(N(C)C)c1)C(=O)O. The number of hydrogen-bond acceptors (Lipinski definition) is 3. The molecule has 16 heavy (non-hydrogen) atoms. The predicted octanol–water partition coefficient (Wildman–Crippen LogP) is 1.89. The summed E-state index contributed by atoms with van der Waals surface area (Å²) in [6, 6.07) is 7.88. The lowest BCUT2D eigenvalue weighted by Crippen LogP contribution is -2.19. The van der Waals surface area contributed by atoms with Crippen LogP contribution in [0.25, 0.3) is 0 Å². The molecule has 1 unspecified atom stereocenters. The molecule has 4 heteroatoms. The van der Waals surface area contributed by atoms with Gasteiger partial charge in [0, 0.05) is 32.0 Å². The molecule has 0 aliphatic heterocycles. The Balaban J connectivity index is 2.60. The molecule has 0 amide bonds. The lowest BCUT2D eigenvalue weighted by atomic mass is 10.2. The van der Waals surface area contributed by atoms with Gasteiger partial charge in [-0.05, 0) is 18.2 Å². The van der Waals surface area contributed by atoms with Crippen molar-refractivity contribution in [3.63, 3.8) is 0 Å². The van der Waals surface area contributed by atoms with E-state index in [4.69, 9.17) is 5.11 Å². The number of carbonyl (C=O) groups is 1. The highest BCUT2D eigenvalue weighted by atomic mass is 16.4. The number of aliphatic carboxylic acids is 1. The molecule has 0 aliphatic carbocycles. The highest BCUT2D eigenvalue weighted by Crippen LogP contribution is 2.17. The smallest absolute Gasteiger partial charge is 0.308 e. The molecule has 1 aromatic rings. The van der Waals surface area contributed by atoms with Gasteiger partial charge in [0.15, 0.2) is 0 Å². The first-order valence-electron chi connectivity index (χ1n) is 5.24. The van der Waals surface area contributed by atoms with Crippen LogP contribution in [0.2, 0.25) is 0 Å². The van der Waals surface area contributed by atoms with Gasteiger partial charge in [-0.1, -0.05) is 13.0 Å². The van der Waals surface area contributed by atoms with Crippen LogP contribution in [0.15, 0.2) is 24.3 Å². The molecule has 0 radical (unpaired) electrons. The molecule has 0 saturated carbocycles. The van der Waals surface area contributed by atoms with Crippen molar-refractivity contribution in [2.75, 3.05) is 30.9 Å². The molecule has 1 aromatic carbocycles. The molecule has 0 fully saturated rings. The Morgan fingerprint density at radius 3 is 2.75 bits per heavy atom. The maximum absolute atomic E-state index is 10.6. The van der Waals surface area contributed by atoms with Crippen molar-refractivity contribution < 1.29 is 9.90 Å². The van der Waals surface area contributed by atoms with Crippen LogP contribution >= 0.6 is 0 Å². The lowest BCUT2D eigenvalue weighted by molar-refractivity contribution is -0.140. The Bertz CT molecular complexity index is 364. The van der Waals surface area contributed by atoms with Crippen molar-refractivity contribution in [2.45, 2.75) is 6.92 Å². The molecule has 88 valence electrons. The minimum absolute atomic E-state index is 0.386. The zero-order valence-corrected chi connectivity index (χ0v) is 9.90. The van der Waals surface area contributed by atoms with Crippen molar-refractivity contribution in [3.8, 4) is 0 Å². The molecule has 2 N–H and O–H groups in total. The molecule has 4 nitrogen and oxygen atoms in total. The van der Waals surface area contributed by atoms with Crippen LogP contribution in [0.1, 0.15) is 6.92 Å². The maximum Gasteiger partial charge on any atom is 0.308 e. The third-order valence-corrected chi connectivity index (χ3v) is 2.40. The summed E-state index contributed by atoms with van der Waals surface area (Å²) in [6.45, 7) is 2.12. The van der Waals surface area contributed by atoms with Crippen LogP contribution in [-0.2, 0) is 4.79 Å². The zero-order valence-electron chi connectivity index (χ0n) is 9.90. The maximum atomic E-state index is 10.6. The third kappa shape index (κ3) is 3.46. The monoisotopic (exact) mass is 222 g/mol. The fraction of sp³-hybridized carbons (Fsp3) is 0.417. The van der Waals surface area contributed by atoms with E-state index in [9.17, 15) is 4.79 Å². The second-order valence-corrected chi connectivity index (χ2v) is 4.06. The van der Waals surface area contributed by atoms with Gasteiger partial charge in [-0.2, -0.15) is 0 Å². The molecule has 1 rings (SSSR count). The summed E-state index contributed by atoms with van der Waals surface area (Å²) < 4.78 is 0. The summed E-state index contributed by atoms with van der Waals surface area (Å²) in [6.07, 6.45) is 0. The number of nitrogens with one attached hydrogen (secondary N) is 1. The van der Waals surface area contributed by atoms with E-state index < -0.39 is 5.97 Å². The van der Waals surface area contributed by atoms with Crippen molar-refractivity contribution in [1.29, 1.82) is 0 Å². The van der Waals surface area contributed by atoms with Crippen molar-refractivity contribution in [3.05, 3.63) is 24.3 Å². The van der Waals surface area contributed by atoms with Crippen molar-refractivity contribution in [1.82, 2.24) is 0 Å². The highest BCUT2D eigenvalue weighted by Gasteiger charge is 2.09. The minimum atomic E-state index is -0.781. The first-order chi connectivity index (χ1) is 7.50. The summed E-state index contributed by atoms with van der Waals surface area (Å²) in [7, 11) is 3.94. The van der Waals surface area contributed by atoms with Gasteiger partial charge < -0.3 is 15.3 Å². The molecule has 0 bridgehead atoms. The third-order valence-electron chi connectivity index (χ3n) is 2.40. The summed E-state index contributed by atoms with van der Waals surface area (Å²) in [4.78, 5) is 12.7. The average molecular weight is 222 g/mol. The van der Waals surface area contributed by atoms with E-state index in [1.54, 1.807) is 6.92 Å². The van der Waals surface area contributed by atoms with Gasteiger partial charge >= 0.3 is 5.97 Å². The van der Waals surface area contributed by atoms with E-state index in [0.717, 1.165) is 11.4 Å². The molecular formula is C12H18N2O2. The van der Waals surface area contributed by atoms with E-state index >= 15 is 0 Å². The number of carboxylic acids is 1.